The highest BCUT2D eigenvalue weighted by Gasteiger charge is 2.19. The van der Waals surface area contributed by atoms with Crippen molar-refractivity contribution in [2.75, 3.05) is 11.1 Å². The maximum atomic E-state index is 12.2. The van der Waals surface area contributed by atoms with Gasteiger partial charge in [-0.05, 0) is 30.5 Å². The summed E-state index contributed by atoms with van der Waals surface area (Å²) in [6, 6.07) is 10.5. The first-order valence-electron chi connectivity index (χ1n) is 7.89. The number of nitrogens with one attached hydrogen (secondary N) is 1. The third-order valence-electron chi connectivity index (χ3n) is 3.53. The van der Waals surface area contributed by atoms with Gasteiger partial charge in [-0.25, -0.2) is 9.97 Å². The number of esters is 1. The van der Waals surface area contributed by atoms with Crippen LogP contribution in [0.3, 0.4) is 0 Å². The van der Waals surface area contributed by atoms with Crippen molar-refractivity contribution in [2.24, 2.45) is 0 Å². The number of carbonyl (C=O) groups is 2. The van der Waals surface area contributed by atoms with Gasteiger partial charge < -0.3 is 10.1 Å². The van der Waals surface area contributed by atoms with E-state index in [0.29, 0.717) is 16.3 Å². The molecule has 0 radical (unpaired) electrons. The molecule has 0 spiro atoms. The van der Waals surface area contributed by atoms with E-state index in [9.17, 15) is 9.59 Å². The van der Waals surface area contributed by atoms with Crippen LogP contribution in [0, 0.1) is 11.3 Å². The maximum absolute atomic E-state index is 12.2. The van der Waals surface area contributed by atoms with Gasteiger partial charge in [0.1, 0.15) is 22.3 Å². The molecule has 2 aromatic heterocycles. The molecule has 9 heteroatoms. The van der Waals surface area contributed by atoms with E-state index in [1.807, 2.05) is 17.5 Å². The predicted molar refractivity (Wildman–Crippen MR) is 103 cm³/mol. The van der Waals surface area contributed by atoms with Crippen molar-refractivity contribution < 1.29 is 14.3 Å². The number of nitriles is 1. The number of para-hydroxylation sites is 1. The Hall–Kier alpha value is -2.96. The van der Waals surface area contributed by atoms with E-state index in [0.717, 1.165) is 10.2 Å². The van der Waals surface area contributed by atoms with E-state index in [2.05, 4.69) is 15.3 Å². The molecular weight excluding hydrogens is 384 g/mol. The van der Waals surface area contributed by atoms with Crippen molar-refractivity contribution in [3.63, 3.8) is 0 Å². The van der Waals surface area contributed by atoms with Crippen LogP contribution in [0.15, 0.2) is 47.1 Å². The maximum Gasteiger partial charge on any atom is 0.317 e. The minimum atomic E-state index is -0.989. The fourth-order valence-electron chi connectivity index (χ4n) is 2.22. The highest BCUT2D eigenvalue weighted by Crippen LogP contribution is 2.27. The number of benzene rings is 1. The summed E-state index contributed by atoms with van der Waals surface area (Å²) in [6.45, 7) is 1.48. The van der Waals surface area contributed by atoms with E-state index in [-0.39, 0.29) is 5.75 Å². The summed E-state index contributed by atoms with van der Waals surface area (Å²) in [5.41, 5.74) is 0.714. The van der Waals surface area contributed by atoms with Gasteiger partial charge in [0.15, 0.2) is 6.10 Å². The van der Waals surface area contributed by atoms with Gasteiger partial charge in [-0.2, -0.15) is 5.26 Å². The van der Waals surface area contributed by atoms with Crippen molar-refractivity contribution in [3.05, 3.63) is 47.6 Å². The van der Waals surface area contributed by atoms with Crippen molar-refractivity contribution in [1.29, 1.82) is 5.26 Å². The van der Waals surface area contributed by atoms with E-state index < -0.39 is 18.0 Å². The number of rotatable bonds is 6. The third kappa shape index (κ3) is 4.61. The first kappa shape index (κ1) is 18.8. The largest absolute Gasteiger partial charge is 0.452 e. The second kappa shape index (κ2) is 8.62. The molecule has 0 saturated carbocycles. The van der Waals surface area contributed by atoms with Gasteiger partial charge >= 0.3 is 5.97 Å². The molecule has 3 aromatic rings. The first-order chi connectivity index (χ1) is 13.1. The summed E-state index contributed by atoms with van der Waals surface area (Å²) in [7, 11) is 0. The molecule has 1 N–H and O–H groups in total. The number of nitrogens with zero attached hydrogens (tertiary/aromatic N) is 3. The number of anilines is 1. The zero-order valence-corrected chi connectivity index (χ0v) is 15.8. The number of aromatic nitrogens is 2. The Bertz CT molecular complexity index is 1030. The number of carbonyl (C=O) groups excluding carboxylic acids is 2. The highest BCUT2D eigenvalue weighted by atomic mass is 32.2. The molecule has 7 nitrogen and oxygen atoms in total. The summed E-state index contributed by atoms with van der Waals surface area (Å²) in [4.78, 5) is 33.5. The van der Waals surface area contributed by atoms with Gasteiger partial charge in [-0.3, -0.25) is 9.59 Å². The fourth-order valence-corrected chi connectivity index (χ4v) is 3.78. The van der Waals surface area contributed by atoms with E-state index in [1.54, 1.807) is 24.3 Å². The summed E-state index contributed by atoms with van der Waals surface area (Å²) in [5, 5.41) is 15.1. The molecule has 0 aliphatic rings. The van der Waals surface area contributed by atoms with Crippen LogP contribution in [0.1, 0.15) is 12.5 Å². The van der Waals surface area contributed by atoms with Crippen LogP contribution < -0.4 is 5.32 Å². The van der Waals surface area contributed by atoms with Gasteiger partial charge in [-0.15, -0.1) is 11.3 Å². The average molecular weight is 398 g/mol. The Balaban J connectivity index is 1.55. The van der Waals surface area contributed by atoms with Crippen molar-refractivity contribution in [3.8, 4) is 6.07 Å². The summed E-state index contributed by atoms with van der Waals surface area (Å²) >= 11 is 2.73. The predicted octanol–water partition coefficient (Wildman–Crippen LogP) is 3.23. The van der Waals surface area contributed by atoms with Gasteiger partial charge in [0, 0.05) is 5.39 Å². The van der Waals surface area contributed by atoms with Crippen LogP contribution in [-0.4, -0.2) is 33.7 Å². The Morgan fingerprint density at radius 2 is 2.15 bits per heavy atom. The van der Waals surface area contributed by atoms with Crippen LogP contribution in [0.4, 0.5) is 5.69 Å². The third-order valence-corrected chi connectivity index (χ3v) is 5.33. The van der Waals surface area contributed by atoms with Gasteiger partial charge in [0.2, 0.25) is 0 Å². The zero-order valence-electron chi connectivity index (χ0n) is 14.2. The lowest BCUT2D eigenvalue weighted by Crippen LogP contribution is -2.30. The van der Waals surface area contributed by atoms with E-state index in [1.165, 1.54) is 36.3 Å². The van der Waals surface area contributed by atoms with E-state index in [4.69, 9.17) is 10.00 Å². The molecule has 0 unspecified atom stereocenters. The Morgan fingerprint density at radius 3 is 2.96 bits per heavy atom. The number of amides is 1. The summed E-state index contributed by atoms with van der Waals surface area (Å²) < 4.78 is 5.18. The SMILES string of the molecule is C[C@@H](OC(=O)CSc1ncnc2sccc12)C(=O)Nc1ccccc1C#N. The van der Waals surface area contributed by atoms with Crippen molar-refractivity contribution in [1.82, 2.24) is 9.97 Å². The standard InChI is InChI=1S/C18H14N4O3S2/c1-11(16(24)22-14-5-3-2-4-12(14)8-19)25-15(23)9-27-18-13-6-7-26-17(13)20-10-21-18/h2-7,10-11H,9H2,1H3,(H,22,24)/t11-/m1/s1. The number of hydrogen-bond acceptors (Lipinski definition) is 8. The molecule has 136 valence electrons. The van der Waals surface area contributed by atoms with Crippen LogP contribution in [0.25, 0.3) is 10.2 Å². The van der Waals surface area contributed by atoms with Crippen LogP contribution in [0.5, 0.6) is 0 Å². The highest BCUT2D eigenvalue weighted by molar-refractivity contribution is 8.00. The van der Waals surface area contributed by atoms with Crippen LogP contribution in [-0.2, 0) is 14.3 Å². The lowest BCUT2D eigenvalue weighted by Gasteiger charge is -2.14. The Kier molecular flexibility index (Phi) is 6.01. The molecule has 0 aliphatic heterocycles. The number of ether oxygens (including phenoxy) is 1. The molecule has 0 fully saturated rings. The topological polar surface area (TPSA) is 105 Å². The second-order valence-electron chi connectivity index (χ2n) is 5.39. The molecule has 0 bridgehead atoms. The van der Waals surface area contributed by atoms with E-state index >= 15 is 0 Å². The fraction of sp³-hybridized carbons (Fsp3) is 0.167. The second-order valence-corrected chi connectivity index (χ2v) is 7.24. The molecule has 0 saturated heterocycles. The summed E-state index contributed by atoms with van der Waals surface area (Å²) in [6.07, 6.45) is 0.464. The first-order valence-corrected chi connectivity index (χ1v) is 9.75. The lowest BCUT2D eigenvalue weighted by molar-refractivity contribution is -0.150. The molecule has 0 aliphatic carbocycles. The van der Waals surface area contributed by atoms with Gasteiger partial charge in [0.25, 0.3) is 5.91 Å². The normalized spacial score (nSPS) is 11.6. The average Bonchev–Trinajstić information content (AvgIpc) is 3.16. The molecule has 2 heterocycles. The molecule has 1 aromatic carbocycles. The zero-order chi connectivity index (χ0) is 19.2. The molecule has 1 atom stereocenters. The molecule has 27 heavy (non-hydrogen) atoms. The Morgan fingerprint density at radius 1 is 1.33 bits per heavy atom. The van der Waals surface area contributed by atoms with Crippen molar-refractivity contribution in [2.45, 2.75) is 18.1 Å². The summed E-state index contributed by atoms with van der Waals surface area (Å²) in [5.74, 6) is -1.01. The number of thiophene rings is 1. The minimum Gasteiger partial charge on any atom is -0.452 e. The molecule has 3 rings (SSSR count). The van der Waals surface area contributed by atoms with Gasteiger partial charge in [-0.1, -0.05) is 23.9 Å². The minimum absolute atomic E-state index is 0.0222. The molecular formula is C18H14N4O3S2. The number of fused-ring (bicyclic) bond motifs is 1. The lowest BCUT2D eigenvalue weighted by atomic mass is 10.2. The number of hydrogen-bond donors (Lipinski definition) is 1. The van der Waals surface area contributed by atoms with Crippen LogP contribution >= 0.6 is 23.1 Å². The quantitative estimate of drug-likeness (QED) is 0.386. The monoisotopic (exact) mass is 398 g/mol. The van der Waals surface area contributed by atoms with Gasteiger partial charge in [0.05, 0.1) is 17.0 Å². The smallest absolute Gasteiger partial charge is 0.317 e. The Labute approximate surface area is 163 Å². The number of thioether (sulfide) groups is 1. The van der Waals surface area contributed by atoms with Crippen LogP contribution in [0.2, 0.25) is 0 Å². The molecule has 1 amide bonds. The van der Waals surface area contributed by atoms with Crippen molar-refractivity contribution >= 4 is 50.9 Å².